The number of hydrogen-bond donors (Lipinski definition) is 2. The molecule has 0 bridgehead atoms. The molecule has 0 fully saturated rings. The van der Waals surface area contributed by atoms with Crippen molar-refractivity contribution in [3.05, 3.63) is 48.0 Å². The first-order valence-corrected chi connectivity index (χ1v) is 9.11. The highest BCUT2D eigenvalue weighted by molar-refractivity contribution is 5.94. The summed E-state index contributed by atoms with van der Waals surface area (Å²) >= 11 is 0. The summed E-state index contributed by atoms with van der Waals surface area (Å²) in [5, 5.41) is 10.8. The van der Waals surface area contributed by atoms with Gasteiger partial charge in [0.05, 0.1) is 5.56 Å². The zero-order valence-electron chi connectivity index (χ0n) is 14.8. The summed E-state index contributed by atoms with van der Waals surface area (Å²) in [5.41, 5.74) is 5.72. The van der Waals surface area contributed by atoms with Crippen molar-refractivity contribution in [2.75, 3.05) is 6.54 Å². The largest absolute Gasteiger partial charge is 0.478 e. The van der Waals surface area contributed by atoms with Gasteiger partial charge in [-0.3, -0.25) is 0 Å². The van der Waals surface area contributed by atoms with Gasteiger partial charge in [0, 0.05) is 0 Å². The standard InChI is InChI=1S/C11H8O2.C10H23N/c12-11(13)10-6-5-8-3-1-2-4-9(8)7-10;1-2-3-4-5-6-7-8-9-10-11/h1-7H,(H,12,13);2-11H2,1H3. The fraction of sp³-hybridized carbons (Fsp3) is 0.476. The van der Waals surface area contributed by atoms with E-state index in [1.165, 1.54) is 51.4 Å². The number of carboxylic acids is 1. The Morgan fingerprint density at radius 2 is 1.46 bits per heavy atom. The molecule has 2 rings (SSSR count). The molecule has 0 amide bonds. The van der Waals surface area contributed by atoms with E-state index in [2.05, 4.69) is 6.92 Å². The van der Waals surface area contributed by atoms with Crippen molar-refractivity contribution in [3.63, 3.8) is 0 Å². The van der Waals surface area contributed by atoms with Crippen LogP contribution < -0.4 is 5.73 Å². The van der Waals surface area contributed by atoms with Gasteiger partial charge < -0.3 is 10.8 Å². The lowest BCUT2D eigenvalue weighted by molar-refractivity contribution is 0.0697. The highest BCUT2D eigenvalue weighted by Gasteiger charge is 2.01. The van der Waals surface area contributed by atoms with Crippen molar-refractivity contribution in [2.45, 2.75) is 58.3 Å². The predicted molar refractivity (Wildman–Crippen MR) is 103 cm³/mol. The summed E-state index contributed by atoms with van der Waals surface area (Å²) in [7, 11) is 0. The maximum absolute atomic E-state index is 10.6. The number of aromatic carboxylic acids is 1. The van der Waals surface area contributed by atoms with Crippen LogP contribution in [0.1, 0.15) is 68.6 Å². The fourth-order valence-electron chi connectivity index (χ4n) is 2.60. The summed E-state index contributed by atoms with van der Waals surface area (Å²) in [5.74, 6) is -0.884. The van der Waals surface area contributed by atoms with E-state index in [1.54, 1.807) is 12.1 Å². The minimum Gasteiger partial charge on any atom is -0.478 e. The Hall–Kier alpha value is -1.87. The molecule has 0 aliphatic carbocycles. The first-order chi connectivity index (χ1) is 11.7. The molecule has 0 saturated heterocycles. The number of nitrogens with two attached hydrogens (primary N) is 1. The fourth-order valence-corrected chi connectivity index (χ4v) is 2.60. The van der Waals surface area contributed by atoms with Crippen LogP contribution in [0.25, 0.3) is 10.8 Å². The molecule has 0 spiro atoms. The number of hydrogen-bond acceptors (Lipinski definition) is 2. The topological polar surface area (TPSA) is 63.3 Å². The van der Waals surface area contributed by atoms with Gasteiger partial charge in [-0.05, 0) is 35.9 Å². The molecular formula is C21H31NO2. The monoisotopic (exact) mass is 329 g/mol. The molecule has 0 atom stereocenters. The van der Waals surface area contributed by atoms with Gasteiger partial charge in [0.2, 0.25) is 0 Å². The molecule has 0 aromatic heterocycles. The van der Waals surface area contributed by atoms with Crippen molar-refractivity contribution in [3.8, 4) is 0 Å². The molecule has 0 unspecified atom stereocenters. The number of rotatable bonds is 9. The Balaban J connectivity index is 0.000000245. The molecule has 132 valence electrons. The zero-order chi connectivity index (χ0) is 17.6. The molecule has 24 heavy (non-hydrogen) atoms. The number of fused-ring (bicyclic) bond motifs is 1. The third-order valence-electron chi connectivity index (χ3n) is 4.05. The second-order valence-corrected chi connectivity index (χ2v) is 6.13. The molecule has 3 heteroatoms. The molecule has 0 aliphatic rings. The van der Waals surface area contributed by atoms with Crippen molar-refractivity contribution < 1.29 is 9.90 Å². The molecule has 0 aliphatic heterocycles. The van der Waals surface area contributed by atoms with Crippen LogP contribution in [0.2, 0.25) is 0 Å². The van der Waals surface area contributed by atoms with Crippen molar-refractivity contribution in [2.24, 2.45) is 5.73 Å². The average Bonchev–Trinajstić information content (AvgIpc) is 2.61. The molecular weight excluding hydrogens is 298 g/mol. The first kappa shape index (κ1) is 20.2. The molecule has 3 nitrogen and oxygen atoms in total. The number of carbonyl (C=O) groups is 1. The van der Waals surface area contributed by atoms with E-state index >= 15 is 0 Å². The van der Waals surface area contributed by atoms with Gasteiger partial charge in [-0.15, -0.1) is 0 Å². The molecule has 2 aromatic carbocycles. The minimum absolute atomic E-state index is 0.332. The van der Waals surface area contributed by atoms with Gasteiger partial charge in [-0.2, -0.15) is 0 Å². The molecule has 0 saturated carbocycles. The third-order valence-corrected chi connectivity index (χ3v) is 4.05. The summed E-state index contributed by atoms with van der Waals surface area (Å²) in [6.45, 7) is 3.13. The highest BCUT2D eigenvalue weighted by atomic mass is 16.4. The second-order valence-electron chi connectivity index (χ2n) is 6.13. The van der Waals surface area contributed by atoms with Gasteiger partial charge in [0.15, 0.2) is 0 Å². The molecule has 3 N–H and O–H groups in total. The summed E-state index contributed by atoms with van der Waals surface area (Å²) < 4.78 is 0. The second kappa shape index (κ2) is 12.5. The lowest BCUT2D eigenvalue weighted by atomic mass is 10.1. The Morgan fingerprint density at radius 3 is 2.04 bits per heavy atom. The highest BCUT2D eigenvalue weighted by Crippen LogP contribution is 2.15. The van der Waals surface area contributed by atoms with Crippen LogP contribution in [0, 0.1) is 0 Å². The number of carboxylic acid groups (broad SMARTS) is 1. The Kier molecular flexibility index (Phi) is 10.5. The summed E-state index contributed by atoms with van der Waals surface area (Å²) in [6, 6.07) is 12.8. The van der Waals surface area contributed by atoms with E-state index in [-0.39, 0.29) is 0 Å². The maximum atomic E-state index is 10.6. The van der Waals surface area contributed by atoms with Crippen molar-refractivity contribution >= 4 is 16.7 Å². The molecule has 0 heterocycles. The summed E-state index contributed by atoms with van der Waals surface area (Å²) in [4.78, 5) is 10.6. The SMILES string of the molecule is CCCCCCCCCCN.O=C(O)c1ccc2ccccc2c1. The van der Waals surface area contributed by atoms with Gasteiger partial charge in [0.1, 0.15) is 0 Å². The van der Waals surface area contributed by atoms with Crippen LogP contribution in [-0.2, 0) is 0 Å². The Bertz CT molecular complexity index is 587. The lowest BCUT2D eigenvalue weighted by Crippen LogP contribution is -1.97. The zero-order valence-corrected chi connectivity index (χ0v) is 14.8. The van der Waals surface area contributed by atoms with Crippen LogP contribution in [0.3, 0.4) is 0 Å². The van der Waals surface area contributed by atoms with Crippen LogP contribution in [0.4, 0.5) is 0 Å². The quantitative estimate of drug-likeness (QED) is 0.586. The summed E-state index contributed by atoms with van der Waals surface area (Å²) in [6.07, 6.45) is 11.0. The predicted octanol–water partition coefficient (Wildman–Crippen LogP) is 5.62. The van der Waals surface area contributed by atoms with Crippen LogP contribution in [0.5, 0.6) is 0 Å². The van der Waals surface area contributed by atoms with Crippen LogP contribution >= 0.6 is 0 Å². The Morgan fingerprint density at radius 1 is 0.875 bits per heavy atom. The maximum Gasteiger partial charge on any atom is 0.335 e. The smallest absolute Gasteiger partial charge is 0.335 e. The van der Waals surface area contributed by atoms with Crippen molar-refractivity contribution in [1.82, 2.24) is 0 Å². The molecule has 2 aromatic rings. The van der Waals surface area contributed by atoms with Crippen LogP contribution in [0.15, 0.2) is 42.5 Å². The van der Waals surface area contributed by atoms with E-state index in [1.807, 2.05) is 30.3 Å². The van der Waals surface area contributed by atoms with E-state index in [9.17, 15) is 4.79 Å². The number of benzene rings is 2. The third kappa shape index (κ3) is 8.11. The van der Waals surface area contributed by atoms with E-state index in [0.717, 1.165) is 17.3 Å². The minimum atomic E-state index is -0.884. The Labute approximate surface area is 145 Å². The average molecular weight is 329 g/mol. The number of unbranched alkanes of at least 4 members (excludes halogenated alkanes) is 7. The van der Waals surface area contributed by atoms with E-state index in [0.29, 0.717) is 5.56 Å². The van der Waals surface area contributed by atoms with E-state index < -0.39 is 5.97 Å². The normalized spacial score (nSPS) is 10.2. The molecule has 0 radical (unpaired) electrons. The first-order valence-electron chi connectivity index (χ1n) is 9.11. The lowest BCUT2D eigenvalue weighted by Gasteiger charge is -1.99. The van der Waals surface area contributed by atoms with E-state index in [4.69, 9.17) is 10.8 Å². The van der Waals surface area contributed by atoms with Gasteiger partial charge >= 0.3 is 5.97 Å². The van der Waals surface area contributed by atoms with Crippen LogP contribution in [-0.4, -0.2) is 17.6 Å². The van der Waals surface area contributed by atoms with Gasteiger partial charge in [-0.1, -0.05) is 82.2 Å². The van der Waals surface area contributed by atoms with Gasteiger partial charge in [0.25, 0.3) is 0 Å². The van der Waals surface area contributed by atoms with Crippen molar-refractivity contribution in [1.29, 1.82) is 0 Å². The van der Waals surface area contributed by atoms with Gasteiger partial charge in [-0.25, -0.2) is 4.79 Å².